The molecule has 0 atom stereocenters. The molecule has 1 aliphatic heterocycles. The van der Waals surface area contributed by atoms with Crippen LogP contribution in [0.1, 0.15) is 13.8 Å². The number of nitrogens with zero attached hydrogens (tertiary/aromatic N) is 4. The van der Waals surface area contributed by atoms with Crippen LogP contribution in [0.25, 0.3) is 28.1 Å². The number of methoxy groups -OCH3 is 1. The van der Waals surface area contributed by atoms with Gasteiger partial charge in [-0.25, -0.2) is 9.97 Å². The molecule has 0 saturated heterocycles. The summed E-state index contributed by atoms with van der Waals surface area (Å²) in [5.41, 5.74) is 5.76. The van der Waals surface area contributed by atoms with Crippen LogP contribution in [0.5, 0.6) is 5.88 Å². The molecule has 6 nitrogen and oxygen atoms in total. The van der Waals surface area contributed by atoms with E-state index in [2.05, 4.69) is 14.9 Å². The van der Waals surface area contributed by atoms with Crippen molar-refractivity contribution in [2.45, 2.75) is 19.9 Å². The van der Waals surface area contributed by atoms with Gasteiger partial charge in [0.25, 0.3) is 0 Å². The average molecular weight is 504 g/mol. The minimum absolute atomic E-state index is 0.0739. The molecule has 0 bridgehead atoms. The van der Waals surface area contributed by atoms with Crippen molar-refractivity contribution >= 4 is 45.6 Å². The van der Waals surface area contributed by atoms with Crippen LogP contribution in [0, 0.1) is 0 Å². The Morgan fingerprint density at radius 1 is 0.971 bits per heavy atom. The van der Waals surface area contributed by atoms with E-state index in [-0.39, 0.29) is 6.04 Å². The van der Waals surface area contributed by atoms with Crippen LogP contribution < -0.4 is 15.4 Å². The van der Waals surface area contributed by atoms with Crippen LogP contribution in [-0.2, 0) is 0 Å². The van der Waals surface area contributed by atoms with Gasteiger partial charge in [0, 0.05) is 17.3 Å². The van der Waals surface area contributed by atoms with Gasteiger partial charge >= 0.3 is 0 Å². The van der Waals surface area contributed by atoms with Crippen molar-refractivity contribution in [1.29, 1.82) is 0 Å². The number of rotatable bonds is 5. The first-order valence-electron chi connectivity index (χ1n) is 11.2. The molecule has 1 aromatic heterocycles. The van der Waals surface area contributed by atoms with E-state index >= 15 is 0 Å². The van der Waals surface area contributed by atoms with Gasteiger partial charge in [-0.05, 0) is 68.4 Å². The van der Waals surface area contributed by atoms with E-state index in [9.17, 15) is 0 Å². The molecule has 1 N–H and O–H groups in total. The highest BCUT2D eigenvalue weighted by Gasteiger charge is 2.19. The van der Waals surface area contributed by atoms with Crippen LogP contribution in [-0.4, -0.2) is 27.7 Å². The van der Waals surface area contributed by atoms with E-state index in [0.29, 0.717) is 15.9 Å². The molecular weight excluding hydrogens is 481 g/mol. The molecule has 2 heterocycles. The molecule has 2 aromatic carbocycles. The summed E-state index contributed by atoms with van der Waals surface area (Å²) in [6.07, 6.45) is 1.69. The lowest BCUT2D eigenvalue weighted by Crippen LogP contribution is -2.17. The number of halogens is 2. The number of para-hydroxylation sites is 2. The minimum Gasteiger partial charge on any atom is -0.480 e. The third kappa shape index (κ3) is 4.55. The standard InChI is InChI=1S/C27H23Cl2N5O/c1-16(2)31-22-15-26-23(14-21(22)33-20-8-6-12-30-27(20)35-3)32-19-7-4-5-9-25(19)34(26)24-11-10-17(28)13-18(24)29/h4-16,33H,1-3H3/b31-22+. The summed E-state index contributed by atoms with van der Waals surface area (Å²) in [6, 6.07) is 21.3. The molecule has 2 aliphatic rings. The van der Waals surface area contributed by atoms with Crippen LogP contribution in [0.15, 0.2) is 77.9 Å². The largest absolute Gasteiger partial charge is 0.480 e. The lowest BCUT2D eigenvalue weighted by atomic mass is 10.1. The van der Waals surface area contributed by atoms with Crippen LogP contribution in [0.4, 0.5) is 11.4 Å². The van der Waals surface area contributed by atoms with E-state index in [1.807, 2.05) is 74.5 Å². The second kappa shape index (κ2) is 9.56. The highest BCUT2D eigenvalue weighted by Crippen LogP contribution is 2.34. The van der Waals surface area contributed by atoms with Crippen LogP contribution >= 0.6 is 23.2 Å². The predicted octanol–water partition coefficient (Wildman–Crippen LogP) is 6.89. The molecule has 0 unspecified atom stereocenters. The van der Waals surface area contributed by atoms with Gasteiger partial charge in [-0.2, -0.15) is 0 Å². The van der Waals surface area contributed by atoms with Gasteiger partial charge < -0.3 is 14.6 Å². The molecule has 0 spiro atoms. The van der Waals surface area contributed by atoms with Crippen molar-refractivity contribution in [3.63, 3.8) is 0 Å². The Balaban J connectivity index is 1.84. The number of fused-ring (bicyclic) bond motifs is 2. The molecule has 0 saturated carbocycles. The Morgan fingerprint density at radius 2 is 1.80 bits per heavy atom. The second-order valence-corrected chi connectivity index (χ2v) is 9.14. The van der Waals surface area contributed by atoms with Crippen molar-refractivity contribution in [3.05, 3.63) is 88.3 Å². The number of benzene rings is 3. The van der Waals surface area contributed by atoms with Crippen molar-refractivity contribution < 1.29 is 4.74 Å². The fraction of sp³-hybridized carbons (Fsp3) is 0.148. The maximum Gasteiger partial charge on any atom is 0.237 e. The minimum atomic E-state index is 0.0739. The van der Waals surface area contributed by atoms with E-state index < -0.39 is 0 Å². The summed E-state index contributed by atoms with van der Waals surface area (Å²) in [5, 5.41) is 5.35. The molecule has 8 heteroatoms. The van der Waals surface area contributed by atoms with Gasteiger partial charge in [-0.1, -0.05) is 35.3 Å². The van der Waals surface area contributed by atoms with E-state index in [1.54, 1.807) is 19.4 Å². The van der Waals surface area contributed by atoms with Gasteiger partial charge in [-0.15, -0.1) is 0 Å². The number of anilines is 2. The Bertz CT molecular complexity index is 1580. The molecule has 0 fully saturated rings. The number of pyridine rings is 1. The monoisotopic (exact) mass is 503 g/mol. The van der Waals surface area contributed by atoms with Crippen LogP contribution in [0.2, 0.25) is 10.0 Å². The lowest BCUT2D eigenvalue weighted by Gasteiger charge is -2.21. The maximum atomic E-state index is 6.68. The maximum absolute atomic E-state index is 6.68. The smallest absolute Gasteiger partial charge is 0.237 e. The van der Waals surface area contributed by atoms with Crippen LogP contribution in [0.3, 0.4) is 0 Å². The van der Waals surface area contributed by atoms with Gasteiger partial charge in [-0.3, -0.25) is 4.99 Å². The first-order chi connectivity index (χ1) is 16.9. The third-order valence-corrected chi connectivity index (χ3v) is 6.02. The highest BCUT2D eigenvalue weighted by molar-refractivity contribution is 6.35. The van der Waals surface area contributed by atoms with E-state index in [4.69, 9.17) is 37.9 Å². The molecule has 5 rings (SSSR count). The Hall–Kier alpha value is -3.61. The van der Waals surface area contributed by atoms with E-state index in [0.717, 1.165) is 44.8 Å². The Morgan fingerprint density at radius 3 is 2.57 bits per heavy atom. The molecule has 35 heavy (non-hydrogen) atoms. The summed E-state index contributed by atoms with van der Waals surface area (Å²) < 4.78 is 7.54. The normalized spacial score (nSPS) is 12.0. The first kappa shape index (κ1) is 23.1. The quantitative estimate of drug-likeness (QED) is 0.265. The number of hydrogen-bond donors (Lipinski definition) is 1. The van der Waals surface area contributed by atoms with Crippen molar-refractivity contribution in [3.8, 4) is 23.0 Å². The summed E-state index contributed by atoms with van der Waals surface area (Å²) in [5.74, 6) is 0.498. The molecule has 1 aliphatic carbocycles. The fourth-order valence-electron chi connectivity index (χ4n) is 4.04. The summed E-state index contributed by atoms with van der Waals surface area (Å²) in [4.78, 5) is 14.1. The molecule has 0 radical (unpaired) electrons. The number of nitrogens with one attached hydrogen (secondary N) is 1. The fourth-order valence-corrected chi connectivity index (χ4v) is 4.54. The summed E-state index contributed by atoms with van der Waals surface area (Å²) in [7, 11) is 1.60. The Kier molecular flexibility index (Phi) is 6.32. The third-order valence-electron chi connectivity index (χ3n) is 5.48. The van der Waals surface area contributed by atoms with Gasteiger partial charge in [0.05, 0.1) is 51.3 Å². The topological polar surface area (TPSA) is 64.3 Å². The zero-order valence-corrected chi connectivity index (χ0v) is 21.0. The second-order valence-electron chi connectivity index (χ2n) is 8.30. The molecule has 3 aromatic rings. The van der Waals surface area contributed by atoms with Gasteiger partial charge in [0.2, 0.25) is 5.88 Å². The number of aromatic nitrogens is 3. The van der Waals surface area contributed by atoms with Crippen molar-refractivity contribution in [2.24, 2.45) is 4.99 Å². The summed E-state index contributed by atoms with van der Waals surface area (Å²) in [6.45, 7) is 4.09. The van der Waals surface area contributed by atoms with E-state index in [1.165, 1.54) is 0 Å². The van der Waals surface area contributed by atoms with Crippen molar-refractivity contribution in [1.82, 2.24) is 14.5 Å². The highest BCUT2D eigenvalue weighted by atomic mass is 35.5. The molecule has 176 valence electrons. The zero-order valence-electron chi connectivity index (χ0n) is 19.5. The number of hydrogen-bond acceptors (Lipinski definition) is 5. The predicted molar refractivity (Wildman–Crippen MR) is 142 cm³/mol. The average Bonchev–Trinajstić information content (AvgIpc) is 2.84. The van der Waals surface area contributed by atoms with Gasteiger partial charge in [0.1, 0.15) is 5.69 Å². The van der Waals surface area contributed by atoms with Crippen molar-refractivity contribution in [2.75, 3.05) is 12.4 Å². The molecular formula is C27H23Cl2N5O. The zero-order chi connectivity index (χ0) is 24.5. The Labute approximate surface area is 213 Å². The molecule has 0 amide bonds. The lowest BCUT2D eigenvalue weighted by molar-refractivity contribution is 0.400. The SMILES string of the molecule is COc1ncccc1Nc1cc2nc3ccccc3n(-c3ccc(Cl)cc3Cl)c-2c/c1=N\C(C)C. The van der Waals surface area contributed by atoms with Gasteiger partial charge in [0.15, 0.2) is 0 Å². The first-order valence-corrected chi connectivity index (χ1v) is 11.9. The number of ether oxygens (including phenoxy) is 1. The summed E-state index contributed by atoms with van der Waals surface area (Å²) >= 11 is 12.9.